The Kier molecular flexibility index (Phi) is 10.8. The quantitative estimate of drug-likeness (QED) is 0.198. The van der Waals surface area contributed by atoms with E-state index in [1.54, 1.807) is 19.1 Å². The molecule has 3 heterocycles. The second-order valence-corrected chi connectivity index (χ2v) is 17.9. The van der Waals surface area contributed by atoms with Crippen molar-refractivity contribution in [3.63, 3.8) is 0 Å². The number of Topliss-reactive ketones (excluding diaryl/α,β-unsaturated/α-hetero) is 1. The molecule has 2 fully saturated rings. The first kappa shape index (κ1) is 38.1. The van der Waals surface area contributed by atoms with Crippen molar-refractivity contribution in [1.82, 2.24) is 9.88 Å². The zero-order chi connectivity index (χ0) is 38.3. The normalized spacial score (nSPS) is 29.2. The van der Waals surface area contributed by atoms with E-state index in [1.807, 2.05) is 24.4 Å². The third-order valence-corrected chi connectivity index (χ3v) is 13.9. The van der Waals surface area contributed by atoms with Crippen molar-refractivity contribution in [1.29, 1.82) is 0 Å². The zero-order valence-corrected chi connectivity index (χ0v) is 33.3. The largest absolute Gasteiger partial charge is 0.493 e. The first-order valence-corrected chi connectivity index (χ1v) is 20.9. The lowest BCUT2D eigenvalue weighted by molar-refractivity contribution is -0.144. The van der Waals surface area contributed by atoms with Crippen LogP contribution in [0.2, 0.25) is 5.02 Å². The molecule has 8 rings (SSSR count). The lowest BCUT2D eigenvalue weighted by Gasteiger charge is -2.47. The van der Waals surface area contributed by atoms with Crippen LogP contribution in [0.4, 0.5) is 5.69 Å². The Morgan fingerprint density at radius 2 is 1.87 bits per heavy atom. The van der Waals surface area contributed by atoms with Crippen LogP contribution in [0.15, 0.2) is 48.7 Å². The standard InChI is InChI=1S/C45H56ClN3O6/c1-28(25-53-39-10-16-47-38-9-4-6-29(2)42(38)39)18-34-19-33-20-40-41(55-27-31(26-54-40)23-49-17-11-32(24-49)30(3)50)22-37(33)44(34)12-14-45(15-13-44,43(51)52)48-36-8-5-7-35(46)21-36/h5,7-8,10,16,20-22,28-29,31-32,34,48H,4,6,9,11-15,17-19,23-27H2,1-3H3,(H,51,52)/t28-,29-,31?,32?,34?,44?,45?/m1/s1. The average Bonchev–Trinajstić information content (AvgIpc) is 3.68. The molecule has 0 radical (unpaired) electrons. The number of carbonyl (C=O) groups excluding carboxylic acids is 1. The predicted molar refractivity (Wildman–Crippen MR) is 214 cm³/mol. The second kappa shape index (κ2) is 15.6. The number of hydrogen-bond donors (Lipinski definition) is 2. The molecule has 3 aromatic rings. The summed E-state index contributed by atoms with van der Waals surface area (Å²) in [4.78, 5) is 32.1. The van der Waals surface area contributed by atoms with E-state index in [4.69, 9.17) is 25.8 Å². The number of anilines is 1. The minimum atomic E-state index is -1.09. The van der Waals surface area contributed by atoms with E-state index in [2.05, 4.69) is 41.2 Å². The number of aryl methyl sites for hydroxylation is 1. The fourth-order valence-electron chi connectivity index (χ4n) is 10.6. The number of carboxylic acids is 1. The van der Waals surface area contributed by atoms with Crippen LogP contribution in [0.25, 0.3) is 0 Å². The maximum Gasteiger partial charge on any atom is 0.329 e. The summed E-state index contributed by atoms with van der Waals surface area (Å²) in [5, 5.41) is 14.7. The van der Waals surface area contributed by atoms with Crippen LogP contribution in [0, 0.1) is 23.7 Å². The number of carboxylic acid groups (broad SMARTS) is 1. The molecule has 0 bridgehead atoms. The molecule has 9 nitrogen and oxygen atoms in total. The summed E-state index contributed by atoms with van der Waals surface area (Å²) >= 11 is 6.32. The number of carbonyl (C=O) groups is 2. The number of nitrogens with zero attached hydrogens (tertiary/aromatic N) is 2. The number of halogens is 1. The number of rotatable bonds is 11. The summed E-state index contributed by atoms with van der Waals surface area (Å²) < 4.78 is 19.7. The van der Waals surface area contributed by atoms with Gasteiger partial charge in [-0.2, -0.15) is 0 Å². The van der Waals surface area contributed by atoms with Crippen LogP contribution in [0.1, 0.15) is 100 Å². The number of pyridine rings is 1. The molecular weight excluding hydrogens is 714 g/mol. The van der Waals surface area contributed by atoms with E-state index in [0.29, 0.717) is 49.5 Å². The molecular formula is C45H56ClN3O6. The summed E-state index contributed by atoms with van der Waals surface area (Å²) in [6.45, 7) is 10.6. The van der Waals surface area contributed by atoms with Gasteiger partial charge in [-0.1, -0.05) is 31.5 Å². The number of ketones is 1. The molecule has 1 spiro atoms. The van der Waals surface area contributed by atoms with Crippen LogP contribution in [-0.4, -0.2) is 71.7 Å². The van der Waals surface area contributed by atoms with Gasteiger partial charge in [0.15, 0.2) is 11.5 Å². The molecule has 5 aliphatic rings. The highest BCUT2D eigenvalue weighted by Gasteiger charge is 2.54. The molecule has 5 atom stereocenters. The number of ether oxygens (including phenoxy) is 3. The van der Waals surface area contributed by atoms with E-state index in [0.717, 1.165) is 87.5 Å². The first-order valence-electron chi connectivity index (χ1n) is 20.6. The predicted octanol–water partition coefficient (Wildman–Crippen LogP) is 8.50. The smallest absolute Gasteiger partial charge is 0.329 e. The topological polar surface area (TPSA) is 110 Å². The van der Waals surface area contributed by atoms with Crippen LogP contribution >= 0.6 is 11.6 Å². The first-order chi connectivity index (χ1) is 26.5. The van der Waals surface area contributed by atoms with Gasteiger partial charge in [0.25, 0.3) is 0 Å². The van der Waals surface area contributed by atoms with Crippen molar-refractivity contribution in [3.05, 3.63) is 76.1 Å². The van der Waals surface area contributed by atoms with Gasteiger partial charge in [0.1, 0.15) is 17.1 Å². The number of fused-ring (bicyclic) bond motifs is 4. The van der Waals surface area contributed by atoms with E-state index in [-0.39, 0.29) is 29.0 Å². The molecule has 0 amide bonds. The lowest BCUT2D eigenvalue weighted by atomic mass is 9.59. The molecule has 3 aliphatic carbocycles. The lowest BCUT2D eigenvalue weighted by Crippen LogP contribution is -2.53. The Bertz CT molecular complexity index is 1910. The van der Waals surface area contributed by atoms with Gasteiger partial charge in [0.05, 0.1) is 19.8 Å². The van der Waals surface area contributed by atoms with Gasteiger partial charge in [-0.25, -0.2) is 4.79 Å². The molecule has 1 saturated carbocycles. The van der Waals surface area contributed by atoms with Crippen LogP contribution in [0.3, 0.4) is 0 Å². The summed E-state index contributed by atoms with van der Waals surface area (Å²) in [5.74, 6) is 3.38. The minimum Gasteiger partial charge on any atom is -0.493 e. The molecule has 2 aliphatic heterocycles. The summed E-state index contributed by atoms with van der Waals surface area (Å²) in [6, 6.07) is 13.8. The third-order valence-electron chi connectivity index (χ3n) is 13.7. The fourth-order valence-corrected chi connectivity index (χ4v) is 10.8. The number of likely N-dealkylation sites (tertiary alicyclic amines) is 1. The minimum absolute atomic E-state index is 0.131. The highest BCUT2D eigenvalue weighted by Crippen LogP contribution is 2.58. The van der Waals surface area contributed by atoms with Crippen molar-refractivity contribution in [3.8, 4) is 17.2 Å². The van der Waals surface area contributed by atoms with Gasteiger partial charge in [-0.3, -0.25) is 9.78 Å². The van der Waals surface area contributed by atoms with E-state index in [1.165, 1.54) is 28.8 Å². The molecule has 10 heteroatoms. The summed E-state index contributed by atoms with van der Waals surface area (Å²) in [5.41, 5.74) is 4.45. The Labute approximate surface area is 330 Å². The van der Waals surface area contributed by atoms with Crippen LogP contribution in [-0.2, 0) is 27.8 Å². The van der Waals surface area contributed by atoms with Gasteiger partial charge < -0.3 is 29.5 Å². The van der Waals surface area contributed by atoms with Crippen LogP contribution < -0.4 is 19.5 Å². The third kappa shape index (κ3) is 7.68. The SMILES string of the molecule is CC(=O)C1CCN(CC2COc3cc4c(cc3OC2)C2(CCC(Nc3cccc(Cl)c3)(C(=O)O)CC2)C(C[C@@H](C)COc2ccnc3c2[C@H](C)CCC3)C4)C1. The summed E-state index contributed by atoms with van der Waals surface area (Å²) in [7, 11) is 0. The fraction of sp³-hybridized carbons (Fsp3) is 0.578. The Hall–Kier alpha value is -3.82. The maximum atomic E-state index is 13.1. The van der Waals surface area contributed by atoms with Gasteiger partial charge in [-0.05, 0) is 148 Å². The van der Waals surface area contributed by atoms with Crippen LogP contribution in [0.5, 0.6) is 17.2 Å². The molecule has 1 aromatic heterocycles. The summed E-state index contributed by atoms with van der Waals surface area (Å²) in [6.07, 6.45) is 10.5. The molecule has 294 valence electrons. The monoisotopic (exact) mass is 769 g/mol. The zero-order valence-electron chi connectivity index (χ0n) is 32.6. The second-order valence-electron chi connectivity index (χ2n) is 17.5. The Morgan fingerprint density at radius 3 is 2.60 bits per heavy atom. The number of benzene rings is 2. The molecule has 2 N–H and O–H groups in total. The van der Waals surface area contributed by atoms with Crippen molar-refractivity contribution in [2.24, 2.45) is 23.7 Å². The molecule has 1 saturated heterocycles. The van der Waals surface area contributed by atoms with E-state index >= 15 is 0 Å². The van der Waals surface area contributed by atoms with E-state index in [9.17, 15) is 14.7 Å². The van der Waals surface area contributed by atoms with Crippen molar-refractivity contribution >= 4 is 29.0 Å². The highest BCUT2D eigenvalue weighted by atomic mass is 35.5. The Morgan fingerprint density at radius 1 is 1.09 bits per heavy atom. The van der Waals surface area contributed by atoms with Crippen molar-refractivity contribution in [2.75, 3.05) is 44.8 Å². The highest BCUT2D eigenvalue weighted by molar-refractivity contribution is 6.30. The van der Waals surface area contributed by atoms with E-state index < -0.39 is 11.5 Å². The number of aliphatic carboxylic acids is 1. The maximum absolute atomic E-state index is 13.1. The van der Waals surface area contributed by atoms with Crippen molar-refractivity contribution in [2.45, 2.75) is 102 Å². The number of hydrogen-bond acceptors (Lipinski definition) is 8. The molecule has 3 unspecified atom stereocenters. The average molecular weight is 770 g/mol. The molecule has 2 aromatic carbocycles. The van der Waals surface area contributed by atoms with Gasteiger partial charge in [0, 0.05) is 53.1 Å². The molecule has 55 heavy (non-hydrogen) atoms. The number of nitrogens with one attached hydrogen (secondary N) is 1. The van der Waals surface area contributed by atoms with Gasteiger partial charge in [-0.15, -0.1) is 0 Å². The van der Waals surface area contributed by atoms with Crippen molar-refractivity contribution < 1.29 is 28.9 Å². The van der Waals surface area contributed by atoms with Gasteiger partial charge in [0.2, 0.25) is 0 Å². The Balaban J connectivity index is 1.03. The van der Waals surface area contributed by atoms with Gasteiger partial charge >= 0.3 is 5.97 Å². The number of aromatic nitrogens is 1.